The molecular weight excluding hydrogens is 284 g/mol. The summed E-state index contributed by atoms with van der Waals surface area (Å²) in [6.07, 6.45) is 3.69. The molecule has 0 bridgehead atoms. The van der Waals surface area contributed by atoms with Crippen LogP contribution < -0.4 is 5.73 Å². The SMILES string of the molecule is CCC(C(N)=S)S(=O)(=O)N(Cc1ccco1)C1CC1. The van der Waals surface area contributed by atoms with E-state index in [1.807, 2.05) is 0 Å². The largest absolute Gasteiger partial charge is 0.468 e. The Labute approximate surface area is 118 Å². The highest BCUT2D eigenvalue weighted by Gasteiger charge is 2.42. The van der Waals surface area contributed by atoms with E-state index in [0.29, 0.717) is 12.2 Å². The number of hydrogen-bond acceptors (Lipinski definition) is 4. The molecule has 0 saturated heterocycles. The summed E-state index contributed by atoms with van der Waals surface area (Å²) in [7, 11) is -3.52. The van der Waals surface area contributed by atoms with E-state index in [1.54, 1.807) is 19.1 Å². The van der Waals surface area contributed by atoms with Gasteiger partial charge in [0, 0.05) is 6.04 Å². The first-order valence-electron chi connectivity index (χ1n) is 6.29. The van der Waals surface area contributed by atoms with Crippen molar-refractivity contribution in [3.8, 4) is 0 Å². The minimum atomic E-state index is -3.52. The van der Waals surface area contributed by atoms with Crippen LogP contribution in [0.15, 0.2) is 22.8 Å². The Bertz CT molecular complexity index is 535. The van der Waals surface area contributed by atoms with Crippen LogP contribution in [0.3, 0.4) is 0 Å². The Morgan fingerprint density at radius 2 is 2.32 bits per heavy atom. The molecule has 106 valence electrons. The van der Waals surface area contributed by atoms with Crippen LogP contribution in [0, 0.1) is 0 Å². The number of thiocarbonyl (C=S) groups is 1. The Morgan fingerprint density at radius 1 is 1.63 bits per heavy atom. The third-order valence-electron chi connectivity index (χ3n) is 3.22. The quantitative estimate of drug-likeness (QED) is 0.775. The third kappa shape index (κ3) is 3.16. The van der Waals surface area contributed by atoms with Crippen molar-refractivity contribution in [2.75, 3.05) is 0 Å². The molecule has 7 heteroatoms. The lowest BCUT2D eigenvalue weighted by molar-refractivity contribution is 0.354. The molecule has 1 fully saturated rings. The van der Waals surface area contributed by atoms with Crippen LogP contribution >= 0.6 is 12.2 Å². The molecule has 0 aliphatic heterocycles. The molecule has 1 saturated carbocycles. The maximum absolute atomic E-state index is 12.6. The summed E-state index contributed by atoms with van der Waals surface area (Å²) in [5, 5.41) is -0.793. The Kier molecular flexibility index (Phi) is 4.27. The number of rotatable bonds is 7. The molecule has 19 heavy (non-hydrogen) atoms. The second-order valence-corrected chi connectivity index (χ2v) is 7.24. The number of sulfonamides is 1. The van der Waals surface area contributed by atoms with E-state index in [1.165, 1.54) is 10.6 Å². The van der Waals surface area contributed by atoms with Gasteiger partial charge < -0.3 is 10.2 Å². The van der Waals surface area contributed by atoms with Crippen LogP contribution in [0.2, 0.25) is 0 Å². The topological polar surface area (TPSA) is 76.5 Å². The predicted octanol–water partition coefficient (Wildman–Crippen LogP) is 1.64. The molecular formula is C12H18N2O3S2. The first-order chi connectivity index (χ1) is 8.96. The molecule has 0 radical (unpaired) electrons. The second-order valence-electron chi connectivity index (χ2n) is 4.70. The standard InChI is InChI=1S/C12H18N2O3S2/c1-2-11(12(13)18)19(15,16)14(9-5-6-9)8-10-4-3-7-17-10/h3-4,7,9,11H,2,5-6,8H2,1H3,(H2,13,18). The lowest BCUT2D eigenvalue weighted by Crippen LogP contribution is -2.44. The van der Waals surface area contributed by atoms with Crippen molar-refractivity contribution in [1.29, 1.82) is 0 Å². The summed E-state index contributed by atoms with van der Waals surface area (Å²) < 4.78 is 32.0. The summed E-state index contributed by atoms with van der Waals surface area (Å²) in [6, 6.07) is 3.57. The second kappa shape index (κ2) is 5.60. The van der Waals surface area contributed by atoms with Gasteiger partial charge in [-0.05, 0) is 31.4 Å². The minimum absolute atomic E-state index is 0.0348. The van der Waals surface area contributed by atoms with Crippen LogP contribution in [0.1, 0.15) is 31.9 Å². The highest BCUT2D eigenvalue weighted by Crippen LogP contribution is 2.33. The van der Waals surface area contributed by atoms with Gasteiger partial charge >= 0.3 is 0 Å². The molecule has 0 amide bonds. The smallest absolute Gasteiger partial charge is 0.224 e. The van der Waals surface area contributed by atoms with Gasteiger partial charge in [-0.3, -0.25) is 0 Å². The van der Waals surface area contributed by atoms with Crippen molar-refractivity contribution in [3.63, 3.8) is 0 Å². The highest BCUT2D eigenvalue weighted by atomic mass is 32.2. The van der Waals surface area contributed by atoms with Gasteiger partial charge in [0.25, 0.3) is 0 Å². The normalized spacial score (nSPS) is 17.6. The van der Waals surface area contributed by atoms with Gasteiger partial charge in [-0.15, -0.1) is 0 Å². The molecule has 1 aromatic rings. The molecule has 1 aromatic heterocycles. The van der Waals surface area contributed by atoms with E-state index >= 15 is 0 Å². The number of nitrogens with two attached hydrogens (primary N) is 1. The van der Waals surface area contributed by atoms with E-state index in [-0.39, 0.29) is 17.6 Å². The Balaban J connectivity index is 2.25. The fourth-order valence-corrected chi connectivity index (χ4v) is 4.57. The Morgan fingerprint density at radius 3 is 2.74 bits per heavy atom. The first-order valence-corrected chi connectivity index (χ1v) is 8.20. The van der Waals surface area contributed by atoms with Gasteiger partial charge in [0.1, 0.15) is 11.0 Å². The summed E-state index contributed by atoms with van der Waals surface area (Å²) in [5.41, 5.74) is 5.57. The van der Waals surface area contributed by atoms with Crippen LogP contribution in [0.25, 0.3) is 0 Å². The van der Waals surface area contributed by atoms with Gasteiger partial charge in [0.2, 0.25) is 10.0 Å². The average Bonchev–Trinajstić information content (AvgIpc) is 3.02. The van der Waals surface area contributed by atoms with Crippen molar-refractivity contribution in [3.05, 3.63) is 24.2 Å². The highest BCUT2D eigenvalue weighted by molar-refractivity contribution is 7.92. The summed E-state index contributed by atoms with van der Waals surface area (Å²) in [4.78, 5) is 0.0348. The minimum Gasteiger partial charge on any atom is -0.468 e. The van der Waals surface area contributed by atoms with E-state index in [9.17, 15) is 8.42 Å². The van der Waals surface area contributed by atoms with Crippen molar-refractivity contribution in [2.45, 2.75) is 44.0 Å². The first kappa shape index (κ1) is 14.5. The molecule has 1 heterocycles. The molecule has 0 aromatic carbocycles. The molecule has 5 nitrogen and oxygen atoms in total. The number of hydrogen-bond donors (Lipinski definition) is 1. The monoisotopic (exact) mass is 302 g/mol. The van der Waals surface area contributed by atoms with Crippen LogP contribution in [-0.4, -0.2) is 29.0 Å². The zero-order valence-corrected chi connectivity index (χ0v) is 12.4. The summed E-state index contributed by atoms with van der Waals surface area (Å²) in [5.74, 6) is 0.633. The molecule has 1 unspecified atom stereocenters. The lowest BCUT2D eigenvalue weighted by atomic mass is 10.3. The molecule has 2 N–H and O–H groups in total. The van der Waals surface area contributed by atoms with Crippen molar-refractivity contribution in [2.24, 2.45) is 5.73 Å². The number of furan rings is 1. The van der Waals surface area contributed by atoms with Crippen LogP contribution in [0.4, 0.5) is 0 Å². The molecule has 1 aliphatic rings. The van der Waals surface area contributed by atoms with Gasteiger partial charge in [-0.2, -0.15) is 4.31 Å². The van der Waals surface area contributed by atoms with Crippen LogP contribution in [0.5, 0.6) is 0 Å². The molecule has 1 atom stereocenters. The lowest BCUT2D eigenvalue weighted by Gasteiger charge is -2.25. The van der Waals surface area contributed by atoms with Crippen molar-refractivity contribution < 1.29 is 12.8 Å². The van der Waals surface area contributed by atoms with Crippen molar-refractivity contribution >= 4 is 27.2 Å². The van der Waals surface area contributed by atoms with Crippen molar-refractivity contribution in [1.82, 2.24) is 4.31 Å². The van der Waals surface area contributed by atoms with E-state index in [4.69, 9.17) is 22.4 Å². The summed E-state index contributed by atoms with van der Waals surface area (Å²) in [6.45, 7) is 2.03. The third-order valence-corrected chi connectivity index (χ3v) is 6.04. The van der Waals surface area contributed by atoms with Gasteiger partial charge in [-0.1, -0.05) is 19.1 Å². The number of nitrogens with zero attached hydrogens (tertiary/aromatic N) is 1. The van der Waals surface area contributed by atoms with Crippen LogP contribution in [-0.2, 0) is 16.6 Å². The Hall–Kier alpha value is -0.920. The average molecular weight is 302 g/mol. The van der Waals surface area contributed by atoms with E-state index in [0.717, 1.165) is 12.8 Å². The maximum atomic E-state index is 12.6. The molecule has 0 spiro atoms. The van der Waals surface area contributed by atoms with E-state index < -0.39 is 15.3 Å². The molecule has 2 rings (SSSR count). The zero-order chi connectivity index (χ0) is 14.0. The predicted molar refractivity (Wildman–Crippen MR) is 77.1 cm³/mol. The fourth-order valence-electron chi connectivity index (χ4n) is 2.07. The maximum Gasteiger partial charge on any atom is 0.224 e. The van der Waals surface area contributed by atoms with Gasteiger partial charge in [-0.25, -0.2) is 8.42 Å². The molecule has 1 aliphatic carbocycles. The van der Waals surface area contributed by atoms with E-state index in [2.05, 4.69) is 0 Å². The van der Waals surface area contributed by atoms with Gasteiger partial charge in [0.15, 0.2) is 0 Å². The fraction of sp³-hybridized carbons (Fsp3) is 0.583. The summed E-state index contributed by atoms with van der Waals surface area (Å²) >= 11 is 4.89. The van der Waals surface area contributed by atoms with Gasteiger partial charge in [0.05, 0.1) is 17.8 Å². The zero-order valence-electron chi connectivity index (χ0n) is 10.8.